The normalized spacial score (nSPS) is 32.9. The molecule has 30 heavy (non-hydrogen) atoms. The number of carbonyl (C=O) groups excluding carboxylic acids is 1. The van der Waals surface area contributed by atoms with Gasteiger partial charge in [0, 0.05) is 24.8 Å². The highest BCUT2D eigenvalue weighted by Crippen LogP contribution is 2.37. The van der Waals surface area contributed by atoms with Gasteiger partial charge in [0.1, 0.15) is 0 Å². The minimum Gasteiger partial charge on any atom is -0.353 e. The molecule has 0 radical (unpaired) electrons. The van der Waals surface area contributed by atoms with Crippen LogP contribution in [0.4, 0.5) is 0 Å². The molecule has 4 heterocycles. The smallest absolute Gasteiger partial charge is 0.224 e. The van der Waals surface area contributed by atoms with Crippen LogP contribution in [0, 0.1) is 17.8 Å². The maximum absolute atomic E-state index is 12.9. The molecule has 5 fully saturated rings. The molecule has 5 aliphatic rings. The zero-order chi connectivity index (χ0) is 20.3. The predicted octanol–water partition coefficient (Wildman–Crippen LogP) is 3.56. The van der Waals surface area contributed by atoms with E-state index < -0.39 is 0 Å². The second-order valence-electron chi connectivity index (χ2n) is 10.5. The number of nitrogens with zero attached hydrogens (tertiary/aromatic N) is 4. The van der Waals surface area contributed by atoms with Gasteiger partial charge < -0.3 is 5.32 Å². The van der Waals surface area contributed by atoms with Gasteiger partial charge in [-0.05, 0) is 50.5 Å². The van der Waals surface area contributed by atoms with Gasteiger partial charge in [-0.3, -0.25) is 14.4 Å². The van der Waals surface area contributed by atoms with E-state index >= 15 is 0 Å². The van der Waals surface area contributed by atoms with Crippen molar-refractivity contribution in [2.45, 2.75) is 102 Å². The molecular formula is C24H39N5O. The molecule has 166 valence electrons. The third kappa shape index (κ3) is 4.74. The van der Waals surface area contributed by atoms with Crippen molar-refractivity contribution in [2.24, 2.45) is 17.8 Å². The van der Waals surface area contributed by atoms with Crippen LogP contribution in [0.3, 0.4) is 0 Å². The van der Waals surface area contributed by atoms with Gasteiger partial charge in [-0.1, -0.05) is 56.6 Å². The molecule has 0 aromatic carbocycles. The molecule has 3 aliphatic heterocycles. The molecule has 2 bridgehead atoms. The maximum Gasteiger partial charge on any atom is 0.224 e. The van der Waals surface area contributed by atoms with Crippen LogP contribution < -0.4 is 5.32 Å². The van der Waals surface area contributed by atoms with Crippen molar-refractivity contribution in [1.29, 1.82) is 0 Å². The summed E-state index contributed by atoms with van der Waals surface area (Å²) < 4.78 is 2.07. The Bertz CT molecular complexity index is 706. The van der Waals surface area contributed by atoms with Crippen molar-refractivity contribution in [1.82, 2.24) is 25.2 Å². The van der Waals surface area contributed by atoms with Crippen LogP contribution in [0.2, 0.25) is 0 Å². The van der Waals surface area contributed by atoms with Crippen molar-refractivity contribution in [2.75, 3.05) is 13.1 Å². The summed E-state index contributed by atoms with van der Waals surface area (Å²) in [4.78, 5) is 15.5. The molecule has 1 aromatic heterocycles. The van der Waals surface area contributed by atoms with Crippen molar-refractivity contribution in [3.05, 3.63) is 11.9 Å². The summed E-state index contributed by atoms with van der Waals surface area (Å²) in [6, 6.07) is 0.932. The molecule has 2 aliphatic carbocycles. The van der Waals surface area contributed by atoms with Crippen LogP contribution in [-0.4, -0.2) is 51.0 Å². The Morgan fingerprint density at radius 2 is 1.80 bits per heavy atom. The van der Waals surface area contributed by atoms with Gasteiger partial charge >= 0.3 is 0 Å². The lowest BCUT2D eigenvalue weighted by molar-refractivity contribution is -0.134. The Balaban J connectivity index is 1.13. The summed E-state index contributed by atoms with van der Waals surface area (Å²) in [6.45, 7) is 2.98. The molecule has 2 unspecified atom stereocenters. The summed E-state index contributed by atoms with van der Waals surface area (Å²) in [6.07, 6.45) is 18.7. The van der Waals surface area contributed by atoms with Gasteiger partial charge in [-0.2, -0.15) is 0 Å². The standard InChI is InChI=1S/C24H39N5O/c30-24(25-20-9-5-2-6-10-20)23-17-28-12-11-19(23)14-22(28)16-29-15-21(26-27-29)13-18-7-3-1-4-8-18/h15,18-20,22-23H,1-14,16-17H2,(H,25,30)/t19?,22-,23+/m1/s1. The van der Waals surface area contributed by atoms with E-state index in [2.05, 4.69) is 31.4 Å². The van der Waals surface area contributed by atoms with Gasteiger partial charge in [-0.15, -0.1) is 5.10 Å². The zero-order valence-corrected chi connectivity index (χ0v) is 18.5. The number of carbonyl (C=O) groups is 1. The molecule has 6 nitrogen and oxygen atoms in total. The lowest BCUT2D eigenvalue weighted by Gasteiger charge is -2.49. The van der Waals surface area contributed by atoms with E-state index in [9.17, 15) is 4.79 Å². The van der Waals surface area contributed by atoms with E-state index in [0.717, 1.165) is 38.4 Å². The highest BCUT2D eigenvalue weighted by Gasteiger charge is 2.43. The zero-order valence-electron chi connectivity index (χ0n) is 18.5. The van der Waals surface area contributed by atoms with Crippen LogP contribution in [-0.2, 0) is 17.8 Å². The van der Waals surface area contributed by atoms with Gasteiger partial charge in [0.25, 0.3) is 0 Å². The minimum absolute atomic E-state index is 0.189. The molecule has 6 rings (SSSR count). The van der Waals surface area contributed by atoms with Gasteiger partial charge in [0.2, 0.25) is 5.91 Å². The van der Waals surface area contributed by atoms with E-state index in [4.69, 9.17) is 0 Å². The Morgan fingerprint density at radius 3 is 2.53 bits per heavy atom. The topological polar surface area (TPSA) is 63.1 Å². The first kappa shape index (κ1) is 20.5. The molecule has 6 heteroatoms. The Hall–Kier alpha value is -1.43. The van der Waals surface area contributed by atoms with Crippen molar-refractivity contribution in [3.63, 3.8) is 0 Å². The fourth-order valence-electron chi connectivity index (χ4n) is 6.60. The predicted molar refractivity (Wildman–Crippen MR) is 117 cm³/mol. The monoisotopic (exact) mass is 413 g/mol. The van der Waals surface area contributed by atoms with Crippen molar-refractivity contribution >= 4 is 5.91 Å². The highest BCUT2D eigenvalue weighted by molar-refractivity contribution is 5.79. The first-order valence-corrected chi connectivity index (χ1v) is 12.7. The number of piperidine rings is 3. The van der Waals surface area contributed by atoms with E-state index in [1.54, 1.807) is 0 Å². The molecule has 2 saturated carbocycles. The first-order valence-electron chi connectivity index (χ1n) is 12.7. The van der Waals surface area contributed by atoms with Crippen LogP contribution in [0.5, 0.6) is 0 Å². The number of hydrogen-bond donors (Lipinski definition) is 1. The second-order valence-corrected chi connectivity index (χ2v) is 10.5. The lowest BCUT2D eigenvalue weighted by Crippen LogP contribution is -2.58. The largest absolute Gasteiger partial charge is 0.353 e. The molecule has 0 spiro atoms. The SMILES string of the molecule is O=C(NC1CCCCC1)[C@H]1CN2CCC1C[C@@H]2Cn1cc(CC2CCCCC2)nn1. The third-order valence-corrected chi connectivity index (χ3v) is 8.37. The average molecular weight is 414 g/mol. The average Bonchev–Trinajstić information content (AvgIpc) is 3.22. The quantitative estimate of drug-likeness (QED) is 0.775. The van der Waals surface area contributed by atoms with Gasteiger partial charge in [0.15, 0.2) is 0 Å². The van der Waals surface area contributed by atoms with Crippen LogP contribution in [0.1, 0.15) is 82.7 Å². The molecule has 1 N–H and O–H groups in total. The van der Waals surface area contributed by atoms with E-state index in [1.165, 1.54) is 76.3 Å². The van der Waals surface area contributed by atoms with E-state index in [0.29, 0.717) is 23.9 Å². The summed E-state index contributed by atoms with van der Waals surface area (Å²) in [7, 11) is 0. The molecular weight excluding hydrogens is 374 g/mol. The van der Waals surface area contributed by atoms with Crippen molar-refractivity contribution in [3.8, 4) is 0 Å². The molecule has 1 aromatic rings. The summed E-state index contributed by atoms with van der Waals surface area (Å²) in [5.41, 5.74) is 1.17. The van der Waals surface area contributed by atoms with Gasteiger partial charge in [-0.25, -0.2) is 0 Å². The highest BCUT2D eigenvalue weighted by atomic mass is 16.2. The second kappa shape index (κ2) is 9.37. The van der Waals surface area contributed by atoms with Crippen LogP contribution in [0.15, 0.2) is 6.20 Å². The molecule has 1 amide bonds. The Labute approximate surface area is 181 Å². The lowest BCUT2D eigenvalue weighted by atomic mass is 9.75. The molecule has 3 saturated heterocycles. The summed E-state index contributed by atoms with van der Waals surface area (Å²) >= 11 is 0. The van der Waals surface area contributed by atoms with Crippen molar-refractivity contribution < 1.29 is 4.79 Å². The third-order valence-electron chi connectivity index (χ3n) is 8.37. The molecule has 4 atom stereocenters. The maximum atomic E-state index is 12.9. The van der Waals surface area contributed by atoms with Gasteiger partial charge in [0.05, 0.1) is 18.2 Å². The van der Waals surface area contributed by atoms with E-state index in [1.807, 2.05) is 0 Å². The summed E-state index contributed by atoms with van der Waals surface area (Å²) in [5, 5.41) is 12.3. The van der Waals surface area contributed by atoms with Crippen LogP contribution >= 0.6 is 0 Å². The number of aromatic nitrogens is 3. The Kier molecular flexibility index (Phi) is 6.40. The summed E-state index contributed by atoms with van der Waals surface area (Å²) in [5.74, 6) is 1.86. The Morgan fingerprint density at radius 1 is 1.03 bits per heavy atom. The number of nitrogens with one attached hydrogen (secondary N) is 1. The van der Waals surface area contributed by atoms with E-state index in [-0.39, 0.29) is 5.92 Å². The number of hydrogen-bond acceptors (Lipinski definition) is 4. The number of rotatable bonds is 6. The fraction of sp³-hybridized carbons (Fsp3) is 0.875. The number of fused-ring (bicyclic) bond motifs is 3. The number of amides is 1. The first-order chi connectivity index (χ1) is 14.7. The minimum atomic E-state index is 0.189. The fourth-order valence-corrected chi connectivity index (χ4v) is 6.60. The van der Waals surface area contributed by atoms with Crippen LogP contribution in [0.25, 0.3) is 0 Å².